The van der Waals surface area contributed by atoms with Gasteiger partial charge in [-0.25, -0.2) is 0 Å². The third-order valence-electron chi connectivity index (χ3n) is 5.97. The van der Waals surface area contributed by atoms with Crippen LogP contribution in [0.5, 0.6) is 0 Å². The number of pyridine rings is 1. The number of likely N-dealkylation sites (tertiary alicyclic amines) is 1. The van der Waals surface area contributed by atoms with Crippen molar-refractivity contribution in [3.05, 3.63) is 69.5 Å². The SMILES string of the molecule is CN1CCC(CCC(=O)c2ccc(-c3cc4c(Cl)cccc4c(=O)[nH]3)cc2)CC1. The Balaban J connectivity index is 1.48. The minimum Gasteiger partial charge on any atom is -0.321 e. The van der Waals surface area contributed by atoms with Gasteiger partial charge in [-0.1, -0.05) is 41.9 Å². The number of H-pyrrole nitrogens is 1. The number of fused-ring (bicyclic) bond motifs is 1. The maximum Gasteiger partial charge on any atom is 0.256 e. The number of hydrogen-bond acceptors (Lipinski definition) is 3. The Hall–Kier alpha value is -2.43. The number of benzene rings is 2. The molecular formula is C24H25ClN2O2. The van der Waals surface area contributed by atoms with E-state index in [2.05, 4.69) is 16.9 Å². The summed E-state index contributed by atoms with van der Waals surface area (Å²) in [5.74, 6) is 0.840. The molecule has 1 saturated heterocycles. The van der Waals surface area contributed by atoms with E-state index in [4.69, 9.17) is 11.6 Å². The summed E-state index contributed by atoms with van der Waals surface area (Å²) in [4.78, 5) is 30.2. The first-order chi connectivity index (χ1) is 14.0. The van der Waals surface area contributed by atoms with E-state index in [-0.39, 0.29) is 11.3 Å². The first kappa shape index (κ1) is 19.9. The standard InChI is InChI=1S/C24H25ClN2O2/c1-27-13-11-16(12-14-27)5-10-23(28)18-8-6-17(7-9-18)22-15-20-19(24(29)26-22)3-2-4-21(20)25/h2-4,6-9,15-16H,5,10-14H2,1H3,(H,26,29). The predicted octanol–water partition coefficient (Wildman–Crippen LogP) is 5.15. The summed E-state index contributed by atoms with van der Waals surface area (Å²) >= 11 is 6.26. The molecule has 1 aliphatic rings. The van der Waals surface area contributed by atoms with Crippen LogP contribution in [-0.4, -0.2) is 35.8 Å². The van der Waals surface area contributed by atoms with Crippen LogP contribution in [0, 0.1) is 5.92 Å². The number of rotatable bonds is 5. The monoisotopic (exact) mass is 408 g/mol. The molecule has 0 amide bonds. The van der Waals surface area contributed by atoms with Gasteiger partial charge < -0.3 is 9.88 Å². The highest BCUT2D eigenvalue weighted by molar-refractivity contribution is 6.35. The quantitative estimate of drug-likeness (QED) is 0.594. The lowest BCUT2D eigenvalue weighted by Gasteiger charge is -2.28. The fourth-order valence-electron chi connectivity index (χ4n) is 4.07. The Kier molecular flexibility index (Phi) is 5.84. The molecule has 0 atom stereocenters. The van der Waals surface area contributed by atoms with Crippen molar-refractivity contribution in [2.75, 3.05) is 20.1 Å². The fourth-order valence-corrected chi connectivity index (χ4v) is 4.30. The van der Waals surface area contributed by atoms with Crippen molar-refractivity contribution < 1.29 is 4.79 Å². The van der Waals surface area contributed by atoms with E-state index in [1.54, 1.807) is 18.2 Å². The van der Waals surface area contributed by atoms with Gasteiger partial charge in [0, 0.05) is 33.5 Å². The van der Waals surface area contributed by atoms with Gasteiger partial charge in [-0.2, -0.15) is 0 Å². The summed E-state index contributed by atoms with van der Waals surface area (Å²) in [6, 6.07) is 14.7. The number of ketones is 1. The van der Waals surface area contributed by atoms with Crippen LogP contribution in [-0.2, 0) is 0 Å². The number of piperidine rings is 1. The molecule has 0 bridgehead atoms. The Bertz CT molecular complexity index is 1080. The zero-order valence-electron chi connectivity index (χ0n) is 16.6. The van der Waals surface area contributed by atoms with Crippen LogP contribution in [0.15, 0.2) is 53.3 Å². The number of halogens is 1. The smallest absolute Gasteiger partial charge is 0.256 e. The molecule has 1 aromatic heterocycles. The van der Waals surface area contributed by atoms with Gasteiger partial charge in [-0.3, -0.25) is 9.59 Å². The van der Waals surface area contributed by atoms with Crippen molar-refractivity contribution in [3.8, 4) is 11.3 Å². The van der Waals surface area contributed by atoms with Crippen LogP contribution < -0.4 is 5.56 Å². The first-order valence-corrected chi connectivity index (χ1v) is 10.5. The Labute approximate surface area is 175 Å². The molecule has 0 spiro atoms. The highest BCUT2D eigenvalue weighted by Gasteiger charge is 2.18. The molecule has 3 aromatic rings. The van der Waals surface area contributed by atoms with E-state index < -0.39 is 0 Å². The molecule has 0 unspecified atom stereocenters. The predicted molar refractivity (Wildman–Crippen MR) is 119 cm³/mol. The summed E-state index contributed by atoms with van der Waals surface area (Å²) in [7, 11) is 2.15. The number of Topliss-reactive ketones (excluding diaryl/α,β-unsaturated/α-hetero) is 1. The minimum atomic E-state index is -0.168. The second-order valence-electron chi connectivity index (χ2n) is 8.00. The summed E-state index contributed by atoms with van der Waals surface area (Å²) < 4.78 is 0. The second-order valence-corrected chi connectivity index (χ2v) is 8.41. The van der Waals surface area contributed by atoms with Crippen LogP contribution in [0.4, 0.5) is 0 Å². The van der Waals surface area contributed by atoms with E-state index >= 15 is 0 Å². The van der Waals surface area contributed by atoms with E-state index in [1.165, 1.54) is 12.8 Å². The van der Waals surface area contributed by atoms with Crippen LogP contribution >= 0.6 is 11.6 Å². The number of nitrogens with zero attached hydrogens (tertiary/aromatic N) is 1. The Morgan fingerprint density at radius 2 is 1.83 bits per heavy atom. The lowest BCUT2D eigenvalue weighted by Crippen LogP contribution is -2.30. The molecule has 5 heteroatoms. The van der Waals surface area contributed by atoms with E-state index in [0.717, 1.165) is 36.0 Å². The topological polar surface area (TPSA) is 53.2 Å². The number of hydrogen-bond donors (Lipinski definition) is 1. The minimum absolute atomic E-state index is 0.168. The number of aromatic nitrogens is 1. The molecule has 150 valence electrons. The normalized spacial score (nSPS) is 15.7. The molecule has 1 fully saturated rings. The van der Waals surface area contributed by atoms with Crippen LogP contribution in [0.3, 0.4) is 0 Å². The number of aromatic amines is 1. The lowest BCUT2D eigenvalue weighted by atomic mass is 9.90. The zero-order chi connectivity index (χ0) is 20.4. The molecule has 4 nitrogen and oxygen atoms in total. The van der Waals surface area contributed by atoms with Gasteiger partial charge in [0.2, 0.25) is 0 Å². The molecule has 2 heterocycles. The molecule has 4 rings (SSSR count). The number of carbonyl (C=O) groups excluding carboxylic acids is 1. The summed E-state index contributed by atoms with van der Waals surface area (Å²) in [6.07, 6.45) is 3.92. The molecule has 0 saturated carbocycles. The summed E-state index contributed by atoms with van der Waals surface area (Å²) in [6.45, 7) is 2.25. The van der Waals surface area contributed by atoms with Gasteiger partial charge in [-0.15, -0.1) is 0 Å². The van der Waals surface area contributed by atoms with Crippen molar-refractivity contribution in [3.63, 3.8) is 0 Å². The van der Waals surface area contributed by atoms with Gasteiger partial charge in [-0.05, 0) is 69.1 Å². The molecular weight excluding hydrogens is 384 g/mol. The zero-order valence-corrected chi connectivity index (χ0v) is 17.3. The maximum absolute atomic E-state index is 12.6. The average Bonchev–Trinajstić information content (AvgIpc) is 2.74. The lowest BCUT2D eigenvalue weighted by molar-refractivity contribution is 0.0965. The highest BCUT2D eigenvalue weighted by Crippen LogP contribution is 2.26. The van der Waals surface area contributed by atoms with Gasteiger partial charge in [0.15, 0.2) is 5.78 Å². The third kappa shape index (κ3) is 4.44. The van der Waals surface area contributed by atoms with Gasteiger partial charge in [0.25, 0.3) is 5.56 Å². The Morgan fingerprint density at radius 1 is 1.10 bits per heavy atom. The van der Waals surface area contributed by atoms with Crippen molar-refractivity contribution in [2.45, 2.75) is 25.7 Å². The molecule has 0 radical (unpaired) electrons. The largest absolute Gasteiger partial charge is 0.321 e. The van der Waals surface area contributed by atoms with Crippen LogP contribution in [0.25, 0.3) is 22.0 Å². The first-order valence-electron chi connectivity index (χ1n) is 10.1. The average molecular weight is 409 g/mol. The van der Waals surface area contributed by atoms with Gasteiger partial charge in [0.1, 0.15) is 0 Å². The highest BCUT2D eigenvalue weighted by atomic mass is 35.5. The molecule has 29 heavy (non-hydrogen) atoms. The Morgan fingerprint density at radius 3 is 2.55 bits per heavy atom. The maximum atomic E-state index is 12.6. The van der Waals surface area contributed by atoms with E-state index in [9.17, 15) is 9.59 Å². The molecule has 2 aromatic carbocycles. The number of nitrogens with one attached hydrogen (secondary N) is 1. The summed E-state index contributed by atoms with van der Waals surface area (Å²) in [5, 5.41) is 1.85. The third-order valence-corrected chi connectivity index (χ3v) is 6.30. The van der Waals surface area contributed by atoms with Gasteiger partial charge in [0.05, 0.1) is 0 Å². The van der Waals surface area contributed by atoms with E-state index in [0.29, 0.717) is 28.4 Å². The second kappa shape index (κ2) is 8.52. The van der Waals surface area contributed by atoms with Crippen LogP contribution in [0.1, 0.15) is 36.0 Å². The van der Waals surface area contributed by atoms with Crippen molar-refractivity contribution >= 4 is 28.2 Å². The van der Waals surface area contributed by atoms with Crippen LogP contribution in [0.2, 0.25) is 5.02 Å². The molecule has 1 aliphatic heterocycles. The summed E-state index contributed by atoms with van der Waals surface area (Å²) in [5.41, 5.74) is 2.11. The van der Waals surface area contributed by atoms with Crippen molar-refractivity contribution in [2.24, 2.45) is 5.92 Å². The number of carbonyl (C=O) groups is 1. The fraction of sp³-hybridized carbons (Fsp3) is 0.333. The van der Waals surface area contributed by atoms with Crippen molar-refractivity contribution in [1.29, 1.82) is 0 Å². The van der Waals surface area contributed by atoms with Gasteiger partial charge >= 0.3 is 0 Å². The van der Waals surface area contributed by atoms with Crippen molar-refractivity contribution in [1.82, 2.24) is 9.88 Å². The molecule has 1 N–H and O–H groups in total. The molecule has 0 aliphatic carbocycles. The van der Waals surface area contributed by atoms with E-state index in [1.807, 2.05) is 30.3 Å².